The molecule has 1 aliphatic heterocycles. The lowest BCUT2D eigenvalue weighted by Crippen LogP contribution is -2.44. The molecular formula is C13H18N4O3. The van der Waals surface area contributed by atoms with Crippen molar-refractivity contribution < 1.29 is 14.3 Å². The topological polar surface area (TPSA) is 84.4 Å². The van der Waals surface area contributed by atoms with Crippen LogP contribution in [0.5, 0.6) is 0 Å². The van der Waals surface area contributed by atoms with Crippen molar-refractivity contribution in [1.82, 2.24) is 15.3 Å². The van der Waals surface area contributed by atoms with Gasteiger partial charge in [0.05, 0.1) is 19.5 Å². The summed E-state index contributed by atoms with van der Waals surface area (Å²) in [6, 6.07) is 0.209. The van der Waals surface area contributed by atoms with Gasteiger partial charge in [-0.05, 0) is 12.8 Å². The molecule has 1 fully saturated rings. The molecule has 0 atom stereocenters. The first kappa shape index (κ1) is 14.2. The van der Waals surface area contributed by atoms with Crippen molar-refractivity contribution in [2.45, 2.75) is 25.8 Å². The zero-order chi connectivity index (χ0) is 14.5. The molecule has 20 heavy (non-hydrogen) atoms. The fourth-order valence-corrected chi connectivity index (χ4v) is 2.25. The molecule has 2 heterocycles. The SMILES string of the molecule is COC(=O)c1cncc(N2CCC(NC(C)=O)CC2)n1. The Morgan fingerprint density at radius 2 is 2.05 bits per heavy atom. The summed E-state index contributed by atoms with van der Waals surface area (Å²) in [7, 11) is 1.32. The van der Waals surface area contributed by atoms with Crippen molar-refractivity contribution in [3.05, 3.63) is 18.1 Å². The molecule has 1 amide bonds. The number of nitrogens with one attached hydrogen (secondary N) is 1. The second kappa shape index (κ2) is 6.31. The molecule has 1 N–H and O–H groups in total. The van der Waals surface area contributed by atoms with Crippen LogP contribution in [-0.4, -0.2) is 48.1 Å². The number of amides is 1. The maximum absolute atomic E-state index is 11.4. The van der Waals surface area contributed by atoms with E-state index >= 15 is 0 Å². The second-order valence-electron chi connectivity index (χ2n) is 4.72. The highest BCUT2D eigenvalue weighted by molar-refractivity contribution is 5.87. The molecule has 0 aromatic carbocycles. The highest BCUT2D eigenvalue weighted by Crippen LogP contribution is 2.17. The molecule has 1 saturated heterocycles. The van der Waals surface area contributed by atoms with Crippen molar-refractivity contribution in [2.24, 2.45) is 0 Å². The van der Waals surface area contributed by atoms with Crippen LogP contribution in [0.25, 0.3) is 0 Å². The molecule has 0 spiro atoms. The number of esters is 1. The van der Waals surface area contributed by atoms with Gasteiger partial charge in [-0.3, -0.25) is 9.78 Å². The number of anilines is 1. The molecule has 1 aromatic heterocycles. The number of carbonyl (C=O) groups is 2. The highest BCUT2D eigenvalue weighted by Gasteiger charge is 2.21. The van der Waals surface area contributed by atoms with E-state index in [9.17, 15) is 9.59 Å². The number of carbonyl (C=O) groups excluding carboxylic acids is 2. The van der Waals surface area contributed by atoms with Gasteiger partial charge in [-0.2, -0.15) is 0 Å². The van der Waals surface area contributed by atoms with Crippen molar-refractivity contribution in [3.8, 4) is 0 Å². The maximum Gasteiger partial charge on any atom is 0.358 e. The van der Waals surface area contributed by atoms with Gasteiger partial charge in [0.1, 0.15) is 5.82 Å². The van der Waals surface area contributed by atoms with E-state index in [-0.39, 0.29) is 17.6 Å². The van der Waals surface area contributed by atoms with Gasteiger partial charge >= 0.3 is 5.97 Å². The van der Waals surface area contributed by atoms with Crippen molar-refractivity contribution in [2.75, 3.05) is 25.1 Å². The van der Waals surface area contributed by atoms with Gasteiger partial charge in [0.15, 0.2) is 5.69 Å². The lowest BCUT2D eigenvalue weighted by molar-refractivity contribution is -0.119. The summed E-state index contributed by atoms with van der Waals surface area (Å²) in [5, 5.41) is 2.92. The fourth-order valence-electron chi connectivity index (χ4n) is 2.25. The molecule has 0 aliphatic carbocycles. The van der Waals surface area contributed by atoms with E-state index in [4.69, 9.17) is 0 Å². The van der Waals surface area contributed by atoms with Gasteiger partial charge in [0, 0.05) is 26.1 Å². The Labute approximate surface area is 117 Å². The third-order valence-electron chi connectivity index (χ3n) is 3.24. The predicted octanol–water partition coefficient (Wildman–Crippen LogP) is 0.368. The number of nitrogens with zero attached hydrogens (tertiary/aromatic N) is 3. The van der Waals surface area contributed by atoms with E-state index in [1.807, 2.05) is 0 Å². The predicted molar refractivity (Wildman–Crippen MR) is 72.4 cm³/mol. The first-order valence-electron chi connectivity index (χ1n) is 6.52. The Morgan fingerprint density at radius 3 is 2.65 bits per heavy atom. The number of hydrogen-bond donors (Lipinski definition) is 1. The zero-order valence-electron chi connectivity index (χ0n) is 11.6. The molecular weight excluding hydrogens is 260 g/mol. The Bertz CT molecular complexity index is 498. The summed E-state index contributed by atoms with van der Waals surface area (Å²) in [4.78, 5) is 32.8. The molecule has 0 saturated carbocycles. The lowest BCUT2D eigenvalue weighted by atomic mass is 10.1. The van der Waals surface area contributed by atoms with E-state index in [1.54, 1.807) is 6.20 Å². The van der Waals surface area contributed by atoms with E-state index in [1.165, 1.54) is 20.2 Å². The minimum Gasteiger partial charge on any atom is -0.464 e. The first-order valence-corrected chi connectivity index (χ1v) is 6.52. The standard InChI is InChI=1S/C13H18N4O3/c1-9(18)15-10-3-5-17(6-4-10)12-8-14-7-11(16-12)13(19)20-2/h7-8,10H,3-6H2,1-2H3,(H,15,18). The number of methoxy groups -OCH3 is 1. The summed E-state index contributed by atoms with van der Waals surface area (Å²) in [5.74, 6) is 0.164. The lowest BCUT2D eigenvalue weighted by Gasteiger charge is -2.32. The van der Waals surface area contributed by atoms with Gasteiger partial charge in [0.2, 0.25) is 5.91 Å². The van der Waals surface area contributed by atoms with Crippen LogP contribution >= 0.6 is 0 Å². The summed E-state index contributed by atoms with van der Waals surface area (Å²) < 4.78 is 4.63. The third kappa shape index (κ3) is 3.43. The average Bonchev–Trinajstić information content (AvgIpc) is 2.47. The summed E-state index contributed by atoms with van der Waals surface area (Å²) in [5.41, 5.74) is 0.203. The molecule has 7 heteroatoms. The smallest absolute Gasteiger partial charge is 0.358 e. The average molecular weight is 278 g/mol. The maximum atomic E-state index is 11.4. The fraction of sp³-hybridized carbons (Fsp3) is 0.538. The molecule has 108 valence electrons. The number of aromatic nitrogens is 2. The van der Waals surface area contributed by atoms with Crippen molar-refractivity contribution in [1.29, 1.82) is 0 Å². The normalized spacial score (nSPS) is 15.8. The van der Waals surface area contributed by atoms with Gasteiger partial charge in [-0.15, -0.1) is 0 Å². The monoisotopic (exact) mass is 278 g/mol. The molecule has 1 aromatic rings. The number of rotatable bonds is 3. The third-order valence-corrected chi connectivity index (χ3v) is 3.24. The number of hydrogen-bond acceptors (Lipinski definition) is 6. The Balaban J connectivity index is 2.00. The van der Waals surface area contributed by atoms with Crippen LogP contribution < -0.4 is 10.2 Å². The van der Waals surface area contributed by atoms with E-state index < -0.39 is 5.97 Å². The first-order chi connectivity index (χ1) is 9.60. The van der Waals surface area contributed by atoms with Gasteiger partial charge in [-0.1, -0.05) is 0 Å². The highest BCUT2D eigenvalue weighted by atomic mass is 16.5. The minimum absolute atomic E-state index is 0.00377. The molecule has 7 nitrogen and oxygen atoms in total. The summed E-state index contributed by atoms with van der Waals surface area (Å²) in [6.45, 7) is 3.06. The number of piperidine rings is 1. The van der Waals surface area contributed by atoms with Crippen molar-refractivity contribution in [3.63, 3.8) is 0 Å². The molecule has 1 aliphatic rings. The summed E-state index contributed by atoms with van der Waals surface area (Å²) >= 11 is 0. The Kier molecular flexibility index (Phi) is 4.49. The van der Waals surface area contributed by atoms with Crippen LogP contribution in [-0.2, 0) is 9.53 Å². The van der Waals surface area contributed by atoms with Crippen LogP contribution in [0.15, 0.2) is 12.4 Å². The summed E-state index contributed by atoms with van der Waals surface area (Å²) in [6.07, 6.45) is 4.72. The number of ether oxygens (including phenoxy) is 1. The Morgan fingerprint density at radius 1 is 1.35 bits per heavy atom. The molecule has 0 unspecified atom stereocenters. The van der Waals surface area contributed by atoms with E-state index in [0.29, 0.717) is 5.82 Å². The molecule has 0 bridgehead atoms. The van der Waals surface area contributed by atoms with Crippen LogP contribution in [0.3, 0.4) is 0 Å². The molecule has 2 rings (SSSR count). The molecule has 0 radical (unpaired) electrons. The van der Waals surface area contributed by atoms with Crippen LogP contribution in [0, 0.1) is 0 Å². The van der Waals surface area contributed by atoms with Gasteiger partial charge in [0.25, 0.3) is 0 Å². The Hall–Kier alpha value is -2.18. The zero-order valence-corrected chi connectivity index (χ0v) is 11.6. The van der Waals surface area contributed by atoms with Gasteiger partial charge in [-0.25, -0.2) is 9.78 Å². The quantitative estimate of drug-likeness (QED) is 0.804. The van der Waals surface area contributed by atoms with E-state index in [2.05, 4.69) is 24.9 Å². The van der Waals surface area contributed by atoms with Crippen LogP contribution in [0.1, 0.15) is 30.3 Å². The largest absolute Gasteiger partial charge is 0.464 e. The second-order valence-corrected chi connectivity index (χ2v) is 4.72. The van der Waals surface area contributed by atoms with Crippen LogP contribution in [0.4, 0.5) is 5.82 Å². The minimum atomic E-state index is -0.493. The van der Waals surface area contributed by atoms with E-state index in [0.717, 1.165) is 25.9 Å². The van der Waals surface area contributed by atoms with Crippen molar-refractivity contribution >= 4 is 17.7 Å². The van der Waals surface area contributed by atoms with Crippen LogP contribution in [0.2, 0.25) is 0 Å². The van der Waals surface area contributed by atoms with Gasteiger partial charge < -0.3 is 15.0 Å².